The molecule has 2 aliphatic rings. The minimum absolute atomic E-state index is 0. The predicted octanol–water partition coefficient (Wildman–Crippen LogP) is -2.49. The Kier molecular flexibility index (Phi) is 2.71. The molecule has 0 aromatic carbocycles. The highest BCUT2D eigenvalue weighted by atomic mass is 31.1. The van der Waals surface area contributed by atoms with E-state index in [1.807, 2.05) is 5.32 Å². The SMILES string of the molecule is O.O=C1NC(=O)C2(P(=O)=O)NC(=O)NC2N1. The summed E-state index contributed by atoms with van der Waals surface area (Å²) in [5.41, 5.74) is 0. The summed E-state index contributed by atoms with van der Waals surface area (Å²) >= 11 is 0. The summed E-state index contributed by atoms with van der Waals surface area (Å²) in [4.78, 5) is 33.2. The van der Waals surface area contributed by atoms with Crippen LogP contribution >= 0.6 is 7.68 Å². The highest BCUT2D eigenvalue weighted by Gasteiger charge is 2.61. The van der Waals surface area contributed by atoms with Crippen LogP contribution in [-0.2, 0) is 13.9 Å². The second-order valence-corrected chi connectivity index (χ2v) is 4.20. The second-order valence-electron chi connectivity index (χ2n) is 2.98. The molecule has 88 valence electrons. The van der Waals surface area contributed by atoms with E-state index >= 15 is 0 Å². The summed E-state index contributed by atoms with van der Waals surface area (Å²) in [5.74, 6) is -1.08. The summed E-state index contributed by atoms with van der Waals surface area (Å²) in [6, 6.07) is -1.70. The Morgan fingerprint density at radius 2 is 1.62 bits per heavy atom. The summed E-state index contributed by atoms with van der Waals surface area (Å²) in [6.07, 6.45) is -1.28. The minimum atomic E-state index is -3.29. The first kappa shape index (κ1) is 12.1. The zero-order valence-electron chi connectivity index (χ0n) is 7.57. The van der Waals surface area contributed by atoms with Crippen LogP contribution in [0.4, 0.5) is 9.59 Å². The van der Waals surface area contributed by atoms with Gasteiger partial charge in [-0.05, 0) is 0 Å². The topological polar surface area (TPSA) is 165 Å². The Balaban J connectivity index is 0.00000128. The molecule has 2 fully saturated rings. The van der Waals surface area contributed by atoms with Crippen LogP contribution in [0.15, 0.2) is 0 Å². The molecule has 0 aliphatic carbocycles. The first-order valence-electron chi connectivity index (χ1n) is 3.82. The number of amides is 5. The van der Waals surface area contributed by atoms with Crippen LogP contribution in [0.25, 0.3) is 0 Å². The first-order chi connectivity index (χ1) is 6.96. The fourth-order valence-corrected chi connectivity index (χ4v) is 2.20. The van der Waals surface area contributed by atoms with Crippen molar-refractivity contribution in [2.75, 3.05) is 0 Å². The molecule has 2 rings (SSSR count). The van der Waals surface area contributed by atoms with Crippen LogP contribution in [0.5, 0.6) is 0 Å². The van der Waals surface area contributed by atoms with Crippen LogP contribution in [0.2, 0.25) is 0 Å². The van der Waals surface area contributed by atoms with Crippen molar-refractivity contribution in [2.45, 2.75) is 11.4 Å². The molecule has 2 saturated heterocycles. The molecule has 0 saturated carbocycles. The van der Waals surface area contributed by atoms with E-state index in [1.54, 1.807) is 5.32 Å². The minimum Gasteiger partial charge on any atom is -0.412 e. The molecule has 5 amide bonds. The maximum Gasteiger partial charge on any atom is 0.356 e. The van der Waals surface area contributed by atoms with Crippen LogP contribution in [0.3, 0.4) is 0 Å². The molecule has 2 atom stereocenters. The molecule has 0 spiro atoms. The molecule has 0 radical (unpaired) electrons. The van der Waals surface area contributed by atoms with Gasteiger partial charge in [-0.25, -0.2) is 18.7 Å². The molecular formula is C5H7N4O6P. The molecule has 6 N–H and O–H groups in total. The van der Waals surface area contributed by atoms with Gasteiger partial charge < -0.3 is 21.4 Å². The molecule has 2 aliphatic heterocycles. The van der Waals surface area contributed by atoms with E-state index in [0.29, 0.717) is 0 Å². The van der Waals surface area contributed by atoms with Gasteiger partial charge in [0, 0.05) is 0 Å². The number of carbonyl (C=O) groups is 3. The largest absolute Gasteiger partial charge is 0.412 e. The van der Waals surface area contributed by atoms with Crippen molar-refractivity contribution in [3.8, 4) is 0 Å². The highest BCUT2D eigenvalue weighted by molar-refractivity contribution is 7.34. The van der Waals surface area contributed by atoms with Gasteiger partial charge in [0.25, 0.3) is 11.2 Å². The lowest BCUT2D eigenvalue weighted by Gasteiger charge is -2.30. The van der Waals surface area contributed by atoms with Gasteiger partial charge in [-0.15, -0.1) is 0 Å². The smallest absolute Gasteiger partial charge is 0.356 e. The van der Waals surface area contributed by atoms with Crippen molar-refractivity contribution in [3.63, 3.8) is 0 Å². The Bertz CT molecular complexity index is 438. The van der Waals surface area contributed by atoms with Crippen molar-refractivity contribution in [2.24, 2.45) is 0 Å². The molecule has 0 bridgehead atoms. The standard InChI is InChI=1S/C5H5N4O5P.H2O/c10-2-5(15(13)14)1(6-3(11)8-2)7-4(12)9-5;/h1H,(H2,7,9,12)(H2,6,8,10,11);1H2. The van der Waals surface area contributed by atoms with Crippen LogP contribution in [0, 0.1) is 0 Å². The number of fused-ring (bicyclic) bond motifs is 1. The fourth-order valence-electron chi connectivity index (χ4n) is 1.44. The molecule has 0 aromatic rings. The Hall–Kier alpha value is -1.93. The van der Waals surface area contributed by atoms with Gasteiger partial charge in [-0.1, -0.05) is 0 Å². The van der Waals surface area contributed by atoms with E-state index in [2.05, 4.69) is 10.6 Å². The molecule has 2 unspecified atom stereocenters. The molecule has 11 heteroatoms. The van der Waals surface area contributed by atoms with Crippen molar-refractivity contribution >= 4 is 25.6 Å². The van der Waals surface area contributed by atoms with Gasteiger partial charge in [0.15, 0.2) is 6.17 Å². The fraction of sp³-hybridized carbons (Fsp3) is 0.400. The van der Waals surface area contributed by atoms with Gasteiger partial charge in [0.05, 0.1) is 0 Å². The van der Waals surface area contributed by atoms with Gasteiger partial charge >= 0.3 is 19.7 Å². The maximum absolute atomic E-state index is 11.4. The van der Waals surface area contributed by atoms with Crippen molar-refractivity contribution in [1.29, 1.82) is 0 Å². The quantitative estimate of drug-likeness (QED) is 0.377. The van der Waals surface area contributed by atoms with Crippen LogP contribution in [0.1, 0.15) is 0 Å². The van der Waals surface area contributed by atoms with Gasteiger partial charge in [0.1, 0.15) is 0 Å². The lowest BCUT2D eigenvalue weighted by Crippen LogP contribution is -2.70. The number of nitrogens with one attached hydrogen (secondary N) is 4. The normalized spacial score (nSPS) is 31.2. The lowest BCUT2D eigenvalue weighted by atomic mass is 10.2. The Morgan fingerprint density at radius 3 is 2.19 bits per heavy atom. The molecule has 2 heterocycles. The number of urea groups is 2. The Labute approximate surface area is 88.3 Å². The molecular weight excluding hydrogens is 243 g/mol. The average Bonchev–Trinajstić information content (AvgIpc) is 2.42. The maximum atomic E-state index is 11.4. The van der Waals surface area contributed by atoms with Crippen molar-refractivity contribution < 1.29 is 29.0 Å². The van der Waals surface area contributed by atoms with E-state index in [1.165, 1.54) is 0 Å². The summed E-state index contributed by atoms with van der Waals surface area (Å²) < 4.78 is 22.0. The van der Waals surface area contributed by atoms with E-state index in [4.69, 9.17) is 0 Å². The van der Waals surface area contributed by atoms with E-state index < -0.39 is 37.1 Å². The van der Waals surface area contributed by atoms with Crippen LogP contribution in [-0.4, -0.2) is 34.9 Å². The van der Waals surface area contributed by atoms with Gasteiger partial charge in [-0.2, -0.15) is 0 Å². The highest BCUT2D eigenvalue weighted by Crippen LogP contribution is 2.33. The predicted molar refractivity (Wildman–Crippen MR) is 46.8 cm³/mol. The number of hydrogen-bond acceptors (Lipinski definition) is 5. The third kappa shape index (κ3) is 1.35. The molecule has 10 nitrogen and oxygen atoms in total. The summed E-state index contributed by atoms with van der Waals surface area (Å²) in [5, 5.41) is 5.82. The van der Waals surface area contributed by atoms with E-state index in [0.717, 1.165) is 0 Å². The number of imide groups is 1. The summed E-state index contributed by atoms with van der Waals surface area (Å²) in [6.45, 7) is 0. The van der Waals surface area contributed by atoms with Gasteiger partial charge in [0.2, 0.25) is 0 Å². The number of carbonyl (C=O) groups excluding carboxylic acids is 3. The molecule has 0 aromatic heterocycles. The third-order valence-electron chi connectivity index (χ3n) is 2.13. The van der Waals surface area contributed by atoms with Crippen LogP contribution < -0.4 is 21.3 Å². The monoisotopic (exact) mass is 250 g/mol. The molecule has 16 heavy (non-hydrogen) atoms. The second kappa shape index (κ2) is 3.58. The Morgan fingerprint density at radius 1 is 1.06 bits per heavy atom. The zero-order valence-corrected chi connectivity index (χ0v) is 8.46. The lowest BCUT2D eigenvalue weighted by molar-refractivity contribution is -0.124. The third-order valence-corrected chi connectivity index (χ3v) is 3.28. The average molecular weight is 250 g/mol. The van der Waals surface area contributed by atoms with Crippen molar-refractivity contribution in [3.05, 3.63) is 0 Å². The first-order valence-corrected chi connectivity index (χ1v) is 4.99. The summed E-state index contributed by atoms with van der Waals surface area (Å²) in [7, 11) is -3.29. The zero-order chi connectivity index (χ0) is 11.2. The van der Waals surface area contributed by atoms with E-state index in [9.17, 15) is 23.5 Å². The van der Waals surface area contributed by atoms with Crippen molar-refractivity contribution in [1.82, 2.24) is 21.3 Å². The number of hydrogen-bond donors (Lipinski definition) is 4. The van der Waals surface area contributed by atoms with E-state index in [-0.39, 0.29) is 5.48 Å². The number of rotatable bonds is 1. The van der Waals surface area contributed by atoms with Gasteiger partial charge in [-0.3, -0.25) is 10.1 Å².